The van der Waals surface area contributed by atoms with E-state index in [0.29, 0.717) is 42.9 Å². The van der Waals surface area contributed by atoms with Crippen molar-refractivity contribution in [3.05, 3.63) is 29.8 Å². The van der Waals surface area contributed by atoms with E-state index in [1.807, 2.05) is 0 Å². The molecule has 0 radical (unpaired) electrons. The second-order valence-corrected chi connectivity index (χ2v) is 7.70. The van der Waals surface area contributed by atoms with E-state index in [0.717, 1.165) is 39.3 Å². The van der Waals surface area contributed by atoms with Crippen LogP contribution in [-0.4, -0.2) is 93.8 Å². The number of nitrogens with zero attached hydrogens (tertiary/aromatic N) is 3. The zero-order valence-corrected chi connectivity index (χ0v) is 16.6. The van der Waals surface area contributed by atoms with Gasteiger partial charge in [-0.15, -0.1) is 0 Å². The summed E-state index contributed by atoms with van der Waals surface area (Å²) >= 11 is 0. The molecule has 2 aliphatic rings. The molecule has 0 aromatic heterocycles. The first-order valence-corrected chi connectivity index (χ1v) is 10.0. The van der Waals surface area contributed by atoms with Crippen molar-refractivity contribution in [2.45, 2.75) is 6.10 Å². The summed E-state index contributed by atoms with van der Waals surface area (Å²) in [5.74, 6) is 2.05. The minimum absolute atomic E-state index is 0.267. The van der Waals surface area contributed by atoms with Gasteiger partial charge in [-0.05, 0) is 36.1 Å². The molecule has 1 aromatic rings. The number of likely N-dealkylation sites (tertiary alicyclic amines) is 2. The highest BCUT2D eigenvalue weighted by Crippen LogP contribution is 2.30. The van der Waals surface area contributed by atoms with Crippen LogP contribution < -0.4 is 4.74 Å². The van der Waals surface area contributed by atoms with Crippen molar-refractivity contribution in [2.24, 2.45) is 11.8 Å². The molecule has 2 heterocycles. The number of aliphatic hydroxyl groups excluding tert-OH is 1. The van der Waals surface area contributed by atoms with E-state index in [1.54, 1.807) is 31.4 Å². The van der Waals surface area contributed by atoms with Gasteiger partial charge in [0.1, 0.15) is 18.5 Å². The molecule has 0 spiro atoms. The molecule has 0 aliphatic carbocycles. The zero-order chi connectivity index (χ0) is 19.8. The van der Waals surface area contributed by atoms with E-state index in [2.05, 4.69) is 15.9 Å². The van der Waals surface area contributed by atoms with Crippen molar-refractivity contribution >= 4 is 0 Å². The topological polar surface area (TPSA) is 78.2 Å². The van der Waals surface area contributed by atoms with Gasteiger partial charge in [-0.3, -0.25) is 4.90 Å². The summed E-state index contributed by atoms with van der Waals surface area (Å²) in [6.45, 7) is 8.28. The predicted molar refractivity (Wildman–Crippen MR) is 105 cm³/mol. The van der Waals surface area contributed by atoms with Gasteiger partial charge in [0.2, 0.25) is 0 Å². The van der Waals surface area contributed by atoms with Crippen LogP contribution in [0.4, 0.5) is 0 Å². The summed E-state index contributed by atoms with van der Waals surface area (Å²) in [7, 11) is 1.69. The first-order valence-electron chi connectivity index (χ1n) is 10.0. The molecule has 7 heteroatoms. The van der Waals surface area contributed by atoms with Gasteiger partial charge in [0, 0.05) is 46.4 Å². The van der Waals surface area contributed by atoms with Gasteiger partial charge in [0.15, 0.2) is 0 Å². The molecule has 2 saturated heterocycles. The Morgan fingerprint density at radius 2 is 1.75 bits per heavy atom. The van der Waals surface area contributed by atoms with Crippen molar-refractivity contribution in [1.29, 1.82) is 5.26 Å². The SMILES string of the molecule is COCCOCCN1CC2CN(C[C@@H](O)COc3ccc(C#N)cc3)CC2C1. The standard InChI is InChI=1S/C21H31N3O4/c1-26-8-9-27-7-6-23-11-18-13-24(14-19(18)12-23)15-20(25)16-28-21-4-2-17(10-22)3-5-21/h2-5,18-20,25H,6-9,11-16H2,1H3/t18?,19?,20-/m1/s1. The van der Waals surface area contributed by atoms with Crippen LogP contribution in [0.15, 0.2) is 24.3 Å². The zero-order valence-electron chi connectivity index (χ0n) is 16.6. The second kappa shape index (κ2) is 10.7. The van der Waals surface area contributed by atoms with Gasteiger partial charge in [-0.25, -0.2) is 0 Å². The fourth-order valence-corrected chi connectivity index (χ4v) is 4.13. The summed E-state index contributed by atoms with van der Waals surface area (Å²) in [6, 6.07) is 9.05. The third kappa shape index (κ3) is 6.16. The van der Waals surface area contributed by atoms with Crippen molar-refractivity contribution in [1.82, 2.24) is 9.80 Å². The van der Waals surface area contributed by atoms with Crippen LogP contribution in [0.3, 0.4) is 0 Å². The van der Waals surface area contributed by atoms with Crippen molar-refractivity contribution in [3.8, 4) is 11.8 Å². The van der Waals surface area contributed by atoms with Gasteiger partial charge in [0.05, 0.1) is 31.5 Å². The number of methoxy groups -OCH3 is 1. The Morgan fingerprint density at radius 3 is 2.39 bits per heavy atom. The van der Waals surface area contributed by atoms with E-state index in [4.69, 9.17) is 19.5 Å². The number of benzene rings is 1. The van der Waals surface area contributed by atoms with Crippen molar-refractivity contribution < 1.29 is 19.3 Å². The second-order valence-electron chi connectivity index (χ2n) is 7.70. The van der Waals surface area contributed by atoms with Crippen molar-refractivity contribution in [2.75, 3.05) is 72.8 Å². The molecule has 0 saturated carbocycles. The maximum atomic E-state index is 10.3. The summed E-state index contributed by atoms with van der Waals surface area (Å²) in [4.78, 5) is 4.85. The third-order valence-electron chi connectivity index (χ3n) is 5.52. The highest BCUT2D eigenvalue weighted by Gasteiger charge is 2.39. The number of hydrogen-bond acceptors (Lipinski definition) is 7. The maximum absolute atomic E-state index is 10.3. The molecule has 7 nitrogen and oxygen atoms in total. The lowest BCUT2D eigenvalue weighted by Crippen LogP contribution is -2.37. The van der Waals surface area contributed by atoms with E-state index in [9.17, 15) is 5.11 Å². The fourth-order valence-electron chi connectivity index (χ4n) is 4.13. The molecule has 2 aliphatic heterocycles. The molecule has 3 rings (SSSR count). The molecule has 28 heavy (non-hydrogen) atoms. The Balaban J connectivity index is 1.30. The highest BCUT2D eigenvalue weighted by atomic mass is 16.5. The Hall–Kier alpha value is -1.69. The minimum atomic E-state index is -0.514. The monoisotopic (exact) mass is 389 g/mol. The molecule has 1 N–H and O–H groups in total. The van der Waals surface area contributed by atoms with Gasteiger partial charge >= 0.3 is 0 Å². The number of hydrogen-bond donors (Lipinski definition) is 1. The van der Waals surface area contributed by atoms with Gasteiger partial charge in [-0.1, -0.05) is 0 Å². The quantitative estimate of drug-likeness (QED) is 0.562. The fraction of sp³-hybridized carbons (Fsp3) is 0.667. The molecule has 2 unspecified atom stereocenters. The summed E-state index contributed by atoms with van der Waals surface area (Å²) in [5.41, 5.74) is 0.604. The Labute approximate surface area is 167 Å². The number of rotatable bonds is 11. The average Bonchev–Trinajstić information content (AvgIpc) is 3.24. The van der Waals surface area contributed by atoms with Crippen LogP contribution in [0.2, 0.25) is 0 Å². The van der Waals surface area contributed by atoms with Crippen molar-refractivity contribution in [3.63, 3.8) is 0 Å². The summed E-state index contributed by atoms with van der Waals surface area (Å²) < 4.78 is 16.2. The number of β-amino-alcohol motifs (C(OH)–C–C–N with tert-alkyl or cyclic N) is 1. The van der Waals surface area contributed by atoms with Gasteiger partial charge in [0.25, 0.3) is 0 Å². The molecular weight excluding hydrogens is 358 g/mol. The summed E-state index contributed by atoms with van der Waals surface area (Å²) in [5, 5.41) is 19.1. The Kier molecular flexibility index (Phi) is 8.07. The highest BCUT2D eigenvalue weighted by molar-refractivity contribution is 5.34. The van der Waals surface area contributed by atoms with Crippen LogP contribution in [-0.2, 0) is 9.47 Å². The molecule has 3 atom stereocenters. The normalized spacial score (nSPS) is 23.5. The van der Waals surface area contributed by atoms with E-state index >= 15 is 0 Å². The lowest BCUT2D eigenvalue weighted by molar-refractivity contribution is 0.0566. The molecular formula is C21H31N3O4. The number of nitriles is 1. The lowest BCUT2D eigenvalue weighted by atomic mass is 10.0. The molecule has 0 bridgehead atoms. The van der Waals surface area contributed by atoms with Crippen LogP contribution >= 0.6 is 0 Å². The third-order valence-corrected chi connectivity index (χ3v) is 5.52. The average molecular weight is 389 g/mol. The van der Waals surface area contributed by atoms with E-state index in [-0.39, 0.29) is 6.61 Å². The summed E-state index contributed by atoms with van der Waals surface area (Å²) in [6.07, 6.45) is -0.514. The van der Waals surface area contributed by atoms with Crippen LogP contribution in [0.5, 0.6) is 5.75 Å². The van der Waals surface area contributed by atoms with Gasteiger partial charge in [-0.2, -0.15) is 5.26 Å². The molecule has 2 fully saturated rings. The molecule has 1 aromatic carbocycles. The Morgan fingerprint density at radius 1 is 1.07 bits per heavy atom. The van der Waals surface area contributed by atoms with Crippen LogP contribution in [0.1, 0.15) is 5.56 Å². The minimum Gasteiger partial charge on any atom is -0.491 e. The largest absolute Gasteiger partial charge is 0.491 e. The van der Waals surface area contributed by atoms with Gasteiger partial charge < -0.3 is 24.2 Å². The molecule has 154 valence electrons. The van der Waals surface area contributed by atoms with Crippen LogP contribution in [0, 0.1) is 23.2 Å². The number of fused-ring (bicyclic) bond motifs is 1. The predicted octanol–water partition coefficient (Wildman–Crippen LogP) is 0.825. The van der Waals surface area contributed by atoms with E-state index < -0.39 is 6.10 Å². The number of aliphatic hydroxyl groups is 1. The first-order chi connectivity index (χ1) is 13.7. The lowest BCUT2D eigenvalue weighted by Gasteiger charge is -2.23. The Bertz CT molecular complexity index is 620. The number of ether oxygens (including phenoxy) is 3. The smallest absolute Gasteiger partial charge is 0.119 e. The maximum Gasteiger partial charge on any atom is 0.119 e. The molecule has 0 amide bonds. The first kappa shape index (κ1) is 21.0. The van der Waals surface area contributed by atoms with Crippen LogP contribution in [0.25, 0.3) is 0 Å². The van der Waals surface area contributed by atoms with E-state index in [1.165, 1.54) is 0 Å².